The summed E-state index contributed by atoms with van der Waals surface area (Å²) in [5, 5.41) is 2.21. The van der Waals surface area contributed by atoms with Crippen LogP contribution in [-0.4, -0.2) is 59.6 Å². The summed E-state index contributed by atoms with van der Waals surface area (Å²) >= 11 is 0. The van der Waals surface area contributed by atoms with Gasteiger partial charge in [0.05, 0.1) is 11.1 Å². The Morgan fingerprint density at radius 3 is 2.00 bits per heavy atom. The van der Waals surface area contributed by atoms with E-state index in [-0.39, 0.29) is 18.7 Å². The highest BCUT2D eigenvalue weighted by molar-refractivity contribution is 6.23. The monoisotopic (exact) mass is 341 g/mol. The number of amides is 4. The van der Waals surface area contributed by atoms with Gasteiger partial charge in [-0.1, -0.05) is 0 Å². The second-order valence-electron chi connectivity index (χ2n) is 6.92. The number of carbonyl (C=O) groups excluding carboxylic acids is 4. The predicted octanol–water partition coefficient (Wildman–Crippen LogP) is 0.118. The maximum absolute atomic E-state index is 12.8. The summed E-state index contributed by atoms with van der Waals surface area (Å²) in [5.41, 5.74) is 2.93. The van der Waals surface area contributed by atoms with Gasteiger partial charge in [-0.3, -0.25) is 29.4 Å². The fourth-order valence-corrected chi connectivity index (χ4v) is 3.81. The van der Waals surface area contributed by atoms with Gasteiger partial charge in [0.1, 0.15) is 6.04 Å². The van der Waals surface area contributed by atoms with Crippen molar-refractivity contribution in [2.75, 3.05) is 20.1 Å². The van der Waals surface area contributed by atoms with Crippen LogP contribution in [0.1, 0.15) is 44.7 Å². The molecule has 1 aromatic carbocycles. The van der Waals surface area contributed by atoms with Crippen LogP contribution in [0.3, 0.4) is 0 Å². The first-order valence-corrected chi connectivity index (χ1v) is 8.51. The Labute approximate surface area is 145 Å². The molecule has 0 bridgehead atoms. The first kappa shape index (κ1) is 16.0. The van der Waals surface area contributed by atoms with Crippen molar-refractivity contribution in [3.05, 3.63) is 34.4 Å². The molecule has 1 saturated heterocycles. The summed E-state index contributed by atoms with van der Waals surface area (Å²) < 4.78 is 0. The number of nitrogens with zero attached hydrogens (tertiary/aromatic N) is 2. The minimum Gasteiger partial charge on any atom is -0.306 e. The number of likely N-dealkylation sites (N-methyl/N-ethyl adjacent to an activating group) is 1. The highest BCUT2D eigenvalue weighted by Crippen LogP contribution is 2.31. The van der Waals surface area contributed by atoms with E-state index in [9.17, 15) is 19.2 Å². The molecule has 0 spiro atoms. The molecule has 3 aliphatic rings. The van der Waals surface area contributed by atoms with Crippen LogP contribution in [0.15, 0.2) is 12.1 Å². The van der Waals surface area contributed by atoms with Crippen molar-refractivity contribution in [1.82, 2.24) is 15.1 Å². The molecule has 130 valence electrons. The number of carbonyl (C=O) groups is 4. The van der Waals surface area contributed by atoms with E-state index in [4.69, 9.17) is 0 Å². The van der Waals surface area contributed by atoms with Gasteiger partial charge in [-0.25, -0.2) is 0 Å². The van der Waals surface area contributed by atoms with Crippen LogP contribution >= 0.6 is 0 Å². The Morgan fingerprint density at radius 1 is 0.920 bits per heavy atom. The van der Waals surface area contributed by atoms with E-state index < -0.39 is 23.8 Å². The standard InChI is InChI=1S/C18H19N3O4/c1-20-6-4-10-8-12-13(9-11(10)5-7-20)18(25)21(17(12)24)14-2-3-15(22)19-16(14)23/h8-9,14H,2-7H2,1H3,(H,19,22,23). The third kappa shape index (κ3) is 2.55. The Balaban J connectivity index is 1.69. The summed E-state index contributed by atoms with van der Waals surface area (Å²) in [6, 6.07) is 2.72. The molecule has 7 heteroatoms. The number of benzene rings is 1. The van der Waals surface area contributed by atoms with E-state index >= 15 is 0 Å². The van der Waals surface area contributed by atoms with Gasteiger partial charge in [0, 0.05) is 19.5 Å². The van der Waals surface area contributed by atoms with E-state index in [1.807, 2.05) is 12.1 Å². The minimum absolute atomic E-state index is 0.132. The van der Waals surface area contributed by atoms with E-state index in [1.165, 1.54) is 0 Å². The topological polar surface area (TPSA) is 86.8 Å². The first-order valence-electron chi connectivity index (χ1n) is 8.51. The maximum atomic E-state index is 12.8. The molecule has 0 aliphatic carbocycles. The van der Waals surface area contributed by atoms with E-state index in [0.717, 1.165) is 42.0 Å². The normalized spacial score (nSPS) is 24.0. The third-order valence-electron chi connectivity index (χ3n) is 5.29. The van der Waals surface area contributed by atoms with Crippen molar-refractivity contribution in [2.24, 2.45) is 0 Å². The molecule has 1 N–H and O–H groups in total. The second kappa shape index (κ2) is 5.77. The average Bonchev–Trinajstić information content (AvgIpc) is 2.72. The van der Waals surface area contributed by atoms with Gasteiger partial charge in [0.25, 0.3) is 11.8 Å². The number of piperidine rings is 1. The van der Waals surface area contributed by atoms with Crippen LogP contribution in [0.4, 0.5) is 0 Å². The van der Waals surface area contributed by atoms with Crippen molar-refractivity contribution in [2.45, 2.75) is 31.7 Å². The molecule has 3 aliphatic heterocycles. The van der Waals surface area contributed by atoms with Crippen LogP contribution in [0, 0.1) is 0 Å². The molecule has 3 heterocycles. The van der Waals surface area contributed by atoms with E-state index in [1.54, 1.807) is 0 Å². The lowest BCUT2D eigenvalue weighted by molar-refractivity contribution is -0.136. The highest BCUT2D eigenvalue weighted by Gasteiger charge is 2.45. The number of hydrogen-bond acceptors (Lipinski definition) is 5. The van der Waals surface area contributed by atoms with Crippen LogP contribution in [0.2, 0.25) is 0 Å². The molecule has 1 aromatic rings. The summed E-state index contributed by atoms with van der Waals surface area (Å²) in [6.07, 6.45) is 1.98. The summed E-state index contributed by atoms with van der Waals surface area (Å²) in [5.74, 6) is -1.81. The lowest BCUT2D eigenvalue weighted by Crippen LogP contribution is -2.54. The number of nitrogens with one attached hydrogen (secondary N) is 1. The zero-order valence-corrected chi connectivity index (χ0v) is 14.0. The van der Waals surface area contributed by atoms with Crippen LogP contribution in [-0.2, 0) is 22.4 Å². The SMILES string of the molecule is CN1CCc2cc3c(cc2CC1)C(=O)N(C1CCC(=O)NC1=O)C3=O. The molecule has 0 aromatic heterocycles. The Kier molecular flexibility index (Phi) is 3.68. The fourth-order valence-electron chi connectivity index (χ4n) is 3.81. The van der Waals surface area contributed by atoms with Crippen LogP contribution in [0.25, 0.3) is 0 Å². The van der Waals surface area contributed by atoms with Gasteiger partial charge in [0.15, 0.2) is 0 Å². The largest absolute Gasteiger partial charge is 0.306 e. The zero-order chi connectivity index (χ0) is 17.7. The number of imide groups is 2. The fraction of sp³-hybridized carbons (Fsp3) is 0.444. The van der Waals surface area contributed by atoms with E-state index in [0.29, 0.717) is 11.1 Å². The van der Waals surface area contributed by atoms with Crippen LogP contribution < -0.4 is 5.32 Å². The van der Waals surface area contributed by atoms with Gasteiger partial charge < -0.3 is 4.90 Å². The van der Waals surface area contributed by atoms with Gasteiger partial charge >= 0.3 is 0 Å². The Hall–Kier alpha value is -2.54. The molecule has 1 fully saturated rings. The quantitative estimate of drug-likeness (QED) is 0.733. The first-order chi connectivity index (χ1) is 12.0. The van der Waals surface area contributed by atoms with Crippen molar-refractivity contribution < 1.29 is 19.2 Å². The van der Waals surface area contributed by atoms with Crippen molar-refractivity contribution in [3.63, 3.8) is 0 Å². The molecule has 1 atom stereocenters. The molecular formula is C18H19N3O4. The van der Waals surface area contributed by atoms with Crippen LogP contribution in [0.5, 0.6) is 0 Å². The Bertz CT molecular complexity index is 770. The molecule has 7 nitrogen and oxygen atoms in total. The molecular weight excluding hydrogens is 322 g/mol. The van der Waals surface area contributed by atoms with Gasteiger partial charge in [-0.05, 0) is 49.6 Å². The molecule has 1 unspecified atom stereocenters. The molecule has 0 radical (unpaired) electrons. The van der Waals surface area contributed by atoms with Crippen molar-refractivity contribution in [3.8, 4) is 0 Å². The maximum Gasteiger partial charge on any atom is 0.262 e. The number of hydrogen-bond donors (Lipinski definition) is 1. The second-order valence-corrected chi connectivity index (χ2v) is 6.92. The lowest BCUT2D eigenvalue weighted by atomic mass is 9.96. The molecule has 0 saturated carbocycles. The summed E-state index contributed by atoms with van der Waals surface area (Å²) in [7, 11) is 2.06. The predicted molar refractivity (Wildman–Crippen MR) is 88.0 cm³/mol. The minimum atomic E-state index is -0.906. The highest BCUT2D eigenvalue weighted by atomic mass is 16.2. The lowest BCUT2D eigenvalue weighted by Gasteiger charge is -2.27. The zero-order valence-electron chi connectivity index (χ0n) is 14.0. The molecule has 4 amide bonds. The third-order valence-corrected chi connectivity index (χ3v) is 5.29. The average molecular weight is 341 g/mol. The summed E-state index contributed by atoms with van der Waals surface area (Å²) in [6.45, 7) is 1.82. The molecule has 4 rings (SSSR count). The smallest absolute Gasteiger partial charge is 0.262 e. The Morgan fingerprint density at radius 2 is 1.48 bits per heavy atom. The van der Waals surface area contributed by atoms with Gasteiger partial charge in [-0.15, -0.1) is 0 Å². The van der Waals surface area contributed by atoms with Crippen molar-refractivity contribution in [1.29, 1.82) is 0 Å². The summed E-state index contributed by atoms with van der Waals surface area (Å²) in [4.78, 5) is 52.3. The number of rotatable bonds is 1. The molecule has 25 heavy (non-hydrogen) atoms. The van der Waals surface area contributed by atoms with Gasteiger partial charge in [0.2, 0.25) is 11.8 Å². The number of fused-ring (bicyclic) bond motifs is 2. The van der Waals surface area contributed by atoms with Gasteiger partial charge in [-0.2, -0.15) is 0 Å². The van der Waals surface area contributed by atoms with Crippen molar-refractivity contribution >= 4 is 23.6 Å². The van der Waals surface area contributed by atoms with E-state index in [2.05, 4.69) is 17.3 Å².